The Morgan fingerprint density at radius 3 is 2.64 bits per heavy atom. The van der Waals surface area contributed by atoms with Gasteiger partial charge in [-0.05, 0) is 42.7 Å². The van der Waals surface area contributed by atoms with Crippen molar-refractivity contribution in [2.45, 2.75) is 31.5 Å². The number of anilines is 2. The summed E-state index contributed by atoms with van der Waals surface area (Å²) in [7, 11) is 0. The van der Waals surface area contributed by atoms with Gasteiger partial charge in [0.2, 0.25) is 5.91 Å². The Kier molecular flexibility index (Phi) is 7.21. The highest BCUT2D eigenvalue weighted by atomic mass is 17.1. The molecule has 2 unspecified atom stereocenters. The number of hydrogen-bond donors (Lipinski definition) is 4. The predicted octanol–water partition coefficient (Wildman–Crippen LogP) is 2.09. The van der Waals surface area contributed by atoms with Crippen LogP contribution in [-0.4, -0.2) is 36.7 Å². The van der Waals surface area contributed by atoms with Crippen molar-refractivity contribution < 1.29 is 19.8 Å². The quantitative estimate of drug-likeness (QED) is 0.297. The Labute approximate surface area is 164 Å². The number of amides is 1. The Bertz CT molecular complexity index is 742. The van der Waals surface area contributed by atoms with Gasteiger partial charge in [-0.2, -0.15) is 0 Å². The molecule has 0 spiro atoms. The molecule has 1 aliphatic heterocycles. The first kappa shape index (κ1) is 20.1. The lowest BCUT2D eigenvalue weighted by atomic mass is 10.1. The van der Waals surface area contributed by atoms with Crippen molar-refractivity contribution >= 4 is 17.3 Å². The first-order valence-corrected chi connectivity index (χ1v) is 9.30. The summed E-state index contributed by atoms with van der Waals surface area (Å²) in [4.78, 5) is 24.3. The number of carbonyl (C=O) groups excluding carboxylic acids is 1. The first-order valence-electron chi connectivity index (χ1n) is 9.30. The summed E-state index contributed by atoms with van der Waals surface area (Å²) >= 11 is 0. The smallest absolute Gasteiger partial charge is 0.244 e. The average Bonchev–Trinajstić information content (AvgIpc) is 3.23. The number of nitrogens with zero attached hydrogens (tertiary/aromatic N) is 1. The van der Waals surface area contributed by atoms with E-state index in [0.29, 0.717) is 6.42 Å². The maximum Gasteiger partial charge on any atom is 0.244 e. The van der Waals surface area contributed by atoms with E-state index in [9.17, 15) is 10.1 Å². The Morgan fingerprint density at radius 2 is 1.96 bits per heavy atom. The molecular formula is C20H26N4O4. The van der Waals surface area contributed by atoms with Gasteiger partial charge in [-0.1, -0.05) is 30.3 Å². The molecule has 2 aromatic rings. The Hall–Kier alpha value is -2.65. The summed E-state index contributed by atoms with van der Waals surface area (Å²) in [6.45, 7) is 0.890. The fourth-order valence-corrected chi connectivity index (χ4v) is 3.39. The molecule has 1 amide bonds. The Morgan fingerprint density at radius 1 is 1.21 bits per heavy atom. The van der Waals surface area contributed by atoms with Crippen molar-refractivity contribution in [2.24, 2.45) is 5.73 Å². The molecule has 1 aliphatic rings. The standard InChI is InChI=1S/C20H26N4O4/c21-14-27-23-16-10-8-15(9-11-16)13-19(28-26)22-20(25)18-7-4-12-24(18)17-5-2-1-3-6-17/h1-3,5-6,8-11,18-19,23,26H,4,7,12-14,21H2,(H,22,25). The third kappa shape index (κ3) is 5.20. The maximum absolute atomic E-state index is 12.8. The van der Waals surface area contributed by atoms with Gasteiger partial charge in [-0.15, -0.1) is 0 Å². The molecule has 150 valence electrons. The van der Waals surface area contributed by atoms with E-state index < -0.39 is 6.23 Å². The third-order valence-corrected chi connectivity index (χ3v) is 4.72. The van der Waals surface area contributed by atoms with Crippen LogP contribution in [0, 0.1) is 0 Å². The van der Waals surface area contributed by atoms with Crippen molar-refractivity contribution in [1.29, 1.82) is 0 Å². The molecule has 5 N–H and O–H groups in total. The van der Waals surface area contributed by atoms with E-state index >= 15 is 0 Å². The zero-order valence-electron chi connectivity index (χ0n) is 15.6. The monoisotopic (exact) mass is 386 g/mol. The van der Waals surface area contributed by atoms with E-state index in [2.05, 4.69) is 20.6 Å². The molecule has 3 rings (SSSR count). The first-order chi connectivity index (χ1) is 13.7. The van der Waals surface area contributed by atoms with Gasteiger partial charge in [-0.3, -0.25) is 15.1 Å². The van der Waals surface area contributed by atoms with Gasteiger partial charge in [0.05, 0.1) is 5.69 Å². The van der Waals surface area contributed by atoms with E-state index in [1.807, 2.05) is 54.6 Å². The van der Waals surface area contributed by atoms with Crippen molar-refractivity contribution in [3.63, 3.8) is 0 Å². The predicted molar refractivity (Wildman–Crippen MR) is 106 cm³/mol. The van der Waals surface area contributed by atoms with Crippen LogP contribution >= 0.6 is 0 Å². The number of para-hydroxylation sites is 1. The molecule has 1 heterocycles. The highest BCUT2D eigenvalue weighted by Gasteiger charge is 2.32. The second kappa shape index (κ2) is 10.0. The summed E-state index contributed by atoms with van der Waals surface area (Å²) in [5.41, 5.74) is 10.6. The number of nitrogens with two attached hydrogens (primary N) is 1. The molecule has 0 radical (unpaired) electrons. The van der Waals surface area contributed by atoms with E-state index in [1.165, 1.54) is 0 Å². The van der Waals surface area contributed by atoms with Crippen LogP contribution in [0.2, 0.25) is 0 Å². The highest BCUT2D eigenvalue weighted by molar-refractivity contribution is 5.86. The fourth-order valence-electron chi connectivity index (χ4n) is 3.39. The number of benzene rings is 2. The van der Waals surface area contributed by atoms with Crippen molar-refractivity contribution in [1.82, 2.24) is 5.32 Å². The molecule has 2 aromatic carbocycles. The molecule has 28 heavy (non-hydrogen) atoms. The van der Waals surface area contributed by atoms with Gasteiger partial charge in [0.1, 0.15) is 12.8 Å². The van der Waals surface area contributed by atoms with Crippen molar-refractivity contribution in [3.8, 4) is 0 Å². The van der Waals surface area contributed by atoms with Crippen LogP contribution in [0.3, 0.4) is 0 Å². The summed E-state index contributed by atoms with van der Waals surface area (Å²) in [5.74, 6) is -0.157. The normalized spacial score (nSPS) is 17.4. The van der Waals surface area contributed by atoms with Crippen LogP contribution < -0.4 is 21.4 Å². The van der Waals surface area contributed by atoms with Gasteiger partial charge in [0.25, 0.3) is 0 Å². The number of rotatable bonds is 9. The average molecular weight is 386 g/mol. The van der Waals surface area contributed by atoms with Crippen LogP contribution in [0.5, 0.6) is 0 Å². The molecule has 2 atom stereocenters. The van der Waals surface area contributed by atoms with Gasteiger partial charge in [-0.25, -0.2) is 10.1 Å². The van der Waals surface area contributed by atoms with Crippen LogP contribution in [0.1, 0.15) is 18.4 Å². The molecule has 1 fully saturated rings. The van der Waals surface area contributed by atoms with E-state index in [1.54, 1.807) is 0 Å². The number of hydrogen-bond acceptors (Lipinski definition) is 7. The molecule has 0 bridgehead atoms. The van der Waals surface area contributed by atoms with E-state index in [-0.39, 0.29) is 18.7 Å². The SMILES string of the molecule is NCONc1ccc(CC(NC(=O)C2CCCN2c2ccccc2)OO)cc1. The number of carbonyl (C=O) groups is 1. The van der Waals surface area contributed by atoms with Crippen LogP contribution in [0.4, 0.5) is 11.4 Å². The van der Waals surface area contributed by atoms with Crippen LogP contribution in [-0.2, 0) is 20.9 Å². The summed E-state index contributed by atoms with van der Waals surface area (Å²) in [6, 6.07) is 16.9. The minimum Gasteiger partial charge on any atom is -0.360 e. The van der Waals surface area contributed by atoms with Crippen LogP contribution in [0.15, 0.2) is 54.6 Å². The van der Waals surface area contributed by atoms with Gasteiger partial charge in [0, 0.05) is 18.7 Å². The molecule has 8 heteroatoms. The minimum atomic E-state index is -0.829. The molecule has 0 saturated carbocycles. The second-order valence-electron chi connectivity index (χ2n) is 6.60. The lowest BCUT2D eigenvalue weighted by molar-refractivity contribution is -0.284. The van der Waals surface area contributed by atoms with Gasteiger partial charge in [0.15, 0.2) is 6.23 Å². The van der Waals surface area contributed by atoms with Crippen LogP contribution in [0.25, 0.3) is 0 Å². The van der Waals surface area contributed by atoms with E-state index in [4.69, 9.17) is 10.6 Å². The largest absolute Gasteiger partial charge is 0.360 e. The topological polar surface area (TPSA) is 109 Å². The zero-order chi connectivity index (χ0) is 19.8. The lowest BCUT2D eigenvalue weighted by Crippen LogP contribution is -2.48. The molecule has 0 aliphatic carbocycles. The summed E-state index contributed by atoms with van der Waals surface area (Å²) < 4.78 is 0. The van der Waals surface area contributed by atoms with Gasteiger partial charge < -0.3 is 16.0 Å². The highest BCUT2D eigenvalue weighted by Crippen LogP contribution is 2.25. The third-order valence-electron chi connectivity index (χ3n) is 4.72. The van der Waals surface area contributed by atoms with Crippen molar-refractivity contribution in [3.05, 3.63) is 60.2 Å². The van der Waals surface area contributed by atoms with Gasteiger partial charge >= 0.3 is 0 Å². The molecular weight excluding hydrogens is 360 g/mol. The maximum atomic E-state index is 12.8. The second-order valence-corrected chi connectivity index (χ2v) is 6.60. The van der Waals surface area contributed by atoms with E-state index in [0.717, 1.165) is 36.3 Å². The zero-order valence-corrected chi connectivity index (χ0v) is 15.6. The summed E-state index contributed by atoms with van der Waals surface area (Å²) in [5, 5.41) is 12.1. The Balaban J connectivity index is 1.58. The fraction of sp³-hybridized carbons (Fsp3) is 0.350. The lowest BCUT2D eigenvalue weighted by Gasteiger charge is -2.27. The minimum absolute atomic E-state index is 0.0649. The van der Waals surface area contributed by atoms with Crippen molar-refractivity contribution in [2.75, 3.05) is 23.7 Å². The molecule has 0 aromatic heterocycles. The molecule has 1 saturated heterocycles. The summed E-state index contributed by atoms with van der Waals surface area (Å²) in [6.07, 6.45) is 1.21. The number of nitrogens with one attached hydrogen (secondary N) is 2. The molecule has 8 nitrogen and oxygen atoms in total.